The van der Waals surface area contributed by atoms with Crippen LogP contribution in [0.4, 0.5) is 0 Å². The molecule has 5 heteroatoms. The first-order valence-corrected chi connectivity index (χ1v) is 15.9. The van der Waals surface area contributed by atoms with Crippen molar-refractivity contribution in [1.82, 2.24) is 15.0 Å². The number of nitrogens with zero attached hydrogens (tertiary/aromatic N) is 3. The van der Waals surface area contributed by atoms with Gasteiger partial charge in [0.05, 0.1) is 5.39 Å². The third-order valence-electron chi connectivity index (χ3n) is 9.13. The second-order valence-electron chi connectivity index (χ2n) is 12.0. The van der Waals surface area contributed by atoms with E-state index in [0.717, 1.165) is 82.5 Å². The van der Waals surface area contributed by atoms with Crippen molar-refractivity contribution in [2.75, 3.05) is 0 Å². The first kappa shape index (κ1) is 26.6. The van der Waals surface area contributed by atoms with Crippen LogP contribution in [0.15, 0.2) is 160 Å². The summed E-state index contributed by atoms with van der Waals surface area (Å²) in [5, 5.41) is 6.48. The maximum Gasteiger partial charge on any atom is 0.164 e. The van der Waals surface area contributed by atoms with Gasteiger partial charge in [0.15, 0.2) is 17.5 Å². The van der Waals surface area contributed by atoms with Crippen LogP contribution >= 0.6 is 0 Å². The van der Waals surface area contributed by atoms with Gasteiger partial charge in [-0.15, -0.1) is 0 Å². The molecule has 48 heavy (non-hydrogen) atoms. The third-order valence-corrected chi connectivity index (χ3v) is 9.13. The average Bonchev–Trinajstić information content (AvgIpc) is 3.74. The molecule has 0 fully saturated rings. The zero-order chi connectivity index (χ0) is 31.6. The summed E-state index contributed by atoms with van der Waals surface area (Å²) in [4.78, 5) is 14.6. The molecular formula is C43H25N3O2. The lowest BCUT2D eigenvalue weighted by molar-refractivity contribution is 0.665. The number of hydrogen-bond donors (Lipinski definition) is 0. The Balaban J connectivity index is 1.10. The Bertz CT molecular complexity index is 2760. The lowest BCUT2D eigenvalue weighted by Gasteiger charge is -2.09. The van der Waals surface area contributed by atoms with Gasteiger partial charge in [0.2, 0.25) is 0 Å². The van der Waals surface area contributed by atoms with E-state index in [1.165, 1.54) is 0 Å². The Morgan fingerprint density at radius 1 is 0.312 bits per heavy atom. The normalized spacial score (nSPS) is 11.8. The van der Waals surface area contributed by atoms with Gasteiger partial charge >= 0.3 is 0 Å². The summed E-state index contributed by atoms with van der Waals surface area (Å²) in [7, 11) is 0. The molecule has 3 heterocycles. The van der Waals surface area contributed by atoms with Crippen LogP contribution in [0.25, 0.3) is 99.9 Å². The Labute approximate surface area is 274 Å². The van der Waals surface area contributed by atoms with Crippen LogP contribution in [-0.4, -0.2) is 15.0 Å². The molecule has 0 amide bonds. The number of hydrogen-bond acceptors (Lipinski definition) is 5. The van der Waals surface area contributed by atoms with Crippen molar-refractivity contribution in [3.63, 3.8) is 0 Å². The van der Waals surface area contributed by atoms with Gasteiger partial charge in [-0.3, -0.25) is 0 Å². The number of aromatic nitrogens is 3. The zero-order valence-electron chi connectivity index (χ0n) is 25.6. The minimum atomic E-state index is 0.630. The van der Waals surface area contributed by atoms with Crippen LogP contribution in [-0.2, 0) is 0 Å². The molecular weight excluding hydrogens is 590 g/mol. The molecule has 3 aromatic heterocycles. The zero-order valence-corrected chi connectivity index (χ0v) is 25.6. The molecule has 7 aromatic carbocycles. The lowest BCUT2D eigenvalue weighted by atomic mass is 9.98. The molecule has 0 aliphatic carbocycles. The van der Waals surface area contributed by atoms with Crippen LogP contribution in [0, 0.1) is 0 Å². The number of benzene rings is 7. The van der Waals surface area contributed by atoms with Crippen molar-refractivity contribution in [3.05, 3.63) is 152 Å². The van der Waals surface area contributed by atoms with Crippen LogP contribution in [0.5, 0.6) is 0 Å². The molecule has 10 aromatic rings. The van der Waals surface area contributed by atoms with Crippen molar-refractivity contribution in [3.8, 4) is 45.3 Å². The predicted molar refractivity (Wildman–Crippen MR) is 194 cm³/mol. The van der Waals surface area contributed by atoms with Crippen LogP contribution in [0.2, 0.25) is 0 Å². The SMILES string of the molecule is c1ccc(-c2nc(-c3ccccc3)nc(-c3ccc(-c4ccc5c(c4)oc4c5c5ccccc5c5oc6ccccc6c54)cc3)n2)cc1. The quantitative estimate of drug-likeness (QED) is 0.197. The summed E-state index contributed by atoms with van der Waals surface area (Å²) < 4.78 is 13.1. The smallest absolute Gasteiger partial charge is 0.164 e. The molecule has 0 atom stereocenters. The average molecular weight is 616 g/mol. The second-order valence-corrected chi connectivity index (χ2v) is 12.0. The van der Waals surface area contributed by atoms with Crippen LogP contribution < -0.4 is 0 Å². The standard InChI is InChI=1S/C43H25N3O2/c1-3-11-27(12-4-1)41-44-42(28-13-5-2-6-14-28)46-43(45-41)29-21-19-26(20-22-29)30-23-24-34-36(25-30)48-40-37(34)31-15-7-8-16-32(31)39-38(40)33-17-9-10-18-35(33)47-39/h1-25H. The van der Waals surface area contributed by atoms with E-state index in [0.29, 0.717) is 17.5 Å². The highest BCUT2D eigenvalue weighted by atomic mass is 16.3. The van der Waals surface area contributed by atoms with Gasteiger partial charge < -0.3 is 8.83 Å². The van der Waals surface area contributed by atoms with Crippen molar-refractivity contribution in [2.24, 2.45) is 0 Å². The van der Waals surface area contributed by atoms with E-state index in [1.54, 1.807) is 0 Å². The summed E-state index contributed by atoms with van der Waals surface area (Å²) in [6.45, 7) is 0. The summed E-state index contributed by atoms with van der Waals surface area (Å²) in [6, 6.07) is 51.5. The minimum absolute atomic E-state index is 0.630. The molecule has 0 N–H and O–H groups in total. The molecule has 0 radical (unpaired) electrons. The van der Waals surface area contributed by atoms with Gasteiger partial charge in [-0.05, 0) is 34.7 Å². The molecule has 0 saturated heterocycles. The molecule has 0 bridgehead atoms. The van der Waals surface area contributed by atoms with E-state index in [9.17, 15) is 0 Å². The van der Waals surface area contributed by atoms with Gasteiger partial charge in [0, 0.05) is 38.2 Å². The number of fused-ring (bicyclic) bond motifs is 10. The molecule has 0 aliphatic heterocycles. The Kier molecular flexibility index (Phi) is 5.81. The molecule has 0 unspecified atom stereocenters. The van der Waals surface area contributed by atoms with Gasteiger partial charge in [0.25, 0.3) is 0 Å². The molecule has 10 rings (SSSR count). The Morgan fingerprint density at radius 3 is 1.46 bits per heavy atom. The van der Waals surface area contributed by atoms with Crippen molar-refractivity contribution < 1.29 is 8.83 Å². The van der Waals surface area contributed by atoms with Crippen molar-refractivity contribution in [1.29, 1.82) is 0 Å². The Morgan fingerprint density at radius 2 is 0.792 bits per heavy atom. The fourth-order valence-electron chi connectivity index (χ4n) is 6.83. The molecule has 0 aliphatic rings. The van der Waals surface area contributed by atoms with Crippen molar-refractivity contribution >= 4 is 54.6 Å². The first-order valence-electron chi connectivity index (χ1n) is 15.9. The number of furan rings is 2. The third kappa shape index (κ3) is 4.15. The highest BCUT2D eigenvalue weighted by molar-refractivity contribution is 6.33. The second kappa shape index (κ2) is 10.5. The molecule has 0 spiro atoms. The summed E-state index contributed by atoms with van der Waals surface area (Å²) >= 11 is 0. The van der Waals surface area contributed by atoms with E-state index in [-0.39, 0.29) is 0 Å². The molecule has 0 saturated carbocycles. The summed E-state index contributed by atoms with van der Waals surface area (Å²) in [5.74, 6) is 1.92. The maximum atomic E-state index is 6.72. The van der Waals surface area contributed by atoms with Gasteiger partial charge in [-0.25, -0.2) is 15.0 Å². The fraction of sp³-hybridized carbons (Fsp3) is 0. The van der Waals surface area contributed by atoms with Crippen LogP contribution in [0.3, 0.4) is 0 Å². The monoisotopic (exact) mass is 615 g/mol. The lowest BCUT2D eigenvalue weighted by Crippen LogP contribution is -2.00. The topological polar surface area (TPSA) is 65.0 Å². The largest absolute Gasteiger partial charge is 0.455 e. The summed E-state index contributed by atoms with van der Waals surface area (Å²) in [6.07, 6.45) is 0. The van der Waals surface area contributed by atoms with Gasteiger partial charge in [0.1, 0.15) is 22.3 Å². The van der Waals surface area contributed by atoms with Crippen molar-refractivity contribution in [2.45, 2.75) is 0 Å². The fourth-order valence-corrected chi connectivity index (χ4v) is 6.83. The van der Waals surface area contributed by atoms with Gasteiger partial charge in [-0.2, -0.15) is 0 Å². The molecule has 224 valence electrons. The Hall–Kier alpha value is -6.59. The van der Waals surface area contributed by atoms with E-state index < -0.39 is 0 Å². The van der Waals surface area contributed by atoms with E-state index in [4.69, 9.17) is 23.8 Å². The number of rotatable bonds is 4. The van der Waals surface area contributed by atoms with Gasteiger partial charge in [-0.1, -0.05) is 133 Å². The first-order chi connectivity index (χ1) is 23.8. The highest BCUT2D eigenvalue weighted by Crippen LogP contribution is 2.45. The van der Waals surface area contributed by atoms with Crippen LogP contribution in [0.1, 0.15) is 0 Å². The molecule has 5 nitrogen and oxygen atoms in total. The van der Waals surface area contributed by atoms with E-state index in [1.807, 2.05) is 78.9 Å². The van der Waals surface area contributed by atoms with E-state index in [2.05, 4.69) is 72.8 Å². The number of para-hydroxylation sites is 1. The van der Waals surface area contributed by atoms with E-state index >= 15 is 0 Å². The maximum absolute atomic E-state index is 6.72. The minimum Gasteiger partial charge on any atom is -0.455 e. The predicted octanol–water partition coefficient (Wildman–Crippen LogP) is 11.5. The highest BCUT2D eigenvalue weighted by Gasteiger charge is 2.21. The summed E-state index contributed by atoms with van der Waals surface area (Å²) in [5.41, 5.74) is 8.36.